The molecule has 1 unspecified atom stereocenters. The van der Waals surface area contributed by atoms with E-state index < -0.39 is 36.0 Å². The molecular weight excluding hydrogens is 380 g/mol. The van der Waals surface area contributed by atoms with Crippen molar-refractivity contribution in [2.45, 2.75) is 32.4 Å². The number of piperidine rings is 1. The maximum absolute atomic E-state index is 14.6. The highest BCUT2D eigenvalue weighted by molar-refractivity contribution is 5.83. The van der Waals surface area contributed by atoms with Gasteiger partial charge in [0.15, 0.2) is 0 Å². The van der Waals surface area contributed by atoms with Crippen LogP contribution in [-0.4, -0.2) is 35.0 Å². The predicted molar refractivity (Wildman–Crippen MR) is 102 cm³/mol. The zero-order chi connectivity index (χ0) is 21.0. The van der Waals surface area contributed by atoms with Crippen LogP contribution in [0, 0.1) is 17.6 Å². The molecule has 2 aromatic rings. The number of carbonyl (C=O) groups excluding carboxylic acids is 2. The third kappa shape index (κ3) is 4.62. The largest absolute Gasteiger partial charge is 0.466 e. The van der Waals surface area contributed by atoms with Gasteiger partial charge in [0.2, 0.25) is 5.91 Å². The van der Waals surface area contributed by atoms with Crippen molar-refractivity contribution in [2.24, 2.45) is 5.92 Å². The maximum atomic E-state index is 14.6. The summed E-state index contributed by atoms with van der Waals surface area (Å²) < 4.78 is 34.4. The molecule has 29 heavy (non-hydrogen) atoms. The first-order chi connectivity index (χ1) is 13.9. The van der Waals surface area contributed by atoms with Crippen LogP contribution in [0.15, 0.2) is 42.5 Å². The van der Waals surface area contributed by atoms with Gasteiger partial charge in [0, 0.05) is 31.0 Å². The van der Waals surface area contributed by atoms with Crippen LogP contribution in [0.25, 0.3) is 0 Å². The van der Waals surface area contributed by atoms with Crippen molar-refractivity contribution < 1.29 is 28.2 Å². The predicted octanol–water partition coefficient (Wildman–Crippen LogP) is 3.15. The van der Waals surface area contributed by atoms with Gasteiger partial charge in [0.05, 0.1) is 19.1 Å². The van der Waals surface area contributed by atoms with Crippen molar-refractivity contribution in [3.63, 3.8) is 0 Å². The molecule has 154 valence electrons. The van der Waals surface area contributed by atoms with Gasteiger partial charge in [-0.15, -0.1) is 0 Å². The van der Waals surface area contributed by atoms with E-state index in [9.17, 15) is 18.4 Å². The third-order valence-corrected chi connectivity index (χ3v) is 5.15. The molecule has 0 spiro atoms. The number of nitrogens with zero attached hydrogens (tertiary/aromatic N) is 1. The molecule has 1 N–H and O–H groups in total. The van der Waals surface area contributed by atoms with E-state index in [4.69, 9.17) is 9.84 Å². The minimum absolute atomic E-state index is 0.0118. The molecule has 0 aromatic heterocycles. The summed E-state index contributed by atoms with van der Waals surface area (Å²) in [6.45, 7) is 1.58. The highest BCUT2D eigenvalue weighted by Gasteiger charge is 2.42. The standard InChI is InChI=1S/C22H23F2NO4/c1-2-29-22(28)17-12-25(11-14-6-4-3-5-7-14)20(27)10-16(17)21-18(23)8-15(13-26)9-19(21)24/h3-9,16-17,26H,2,10-13H2,1H3/t16?,17-/m0/s1. The Morgan fingerprint density at radius 2 is 1.83 bits per heavy atom. The van der Waals surface area contributed by atoms with Crippen molar-refractivity contribution >= 4 is 11.9 Å². The average molecular weight is 403 g/mol. The summed E-state index contributed by atoms with van der Waals surface area (Å²) in [4.78, 5) is 26.8. The molecule has 2 aromatic carbocycles. The smallest absolute Gasteiger partial charge is 0.311 e. The first-order valence-electron chi connectivity index (χ1n) is 9.51. The quantitative estimate of drug-likeness (QED) is 0.753. The lowest BCUT2D eigenvalue weighted by Crippen LogP contribution is -2.46. The van der Waals surface area contributed by atoms with E-state index in [1.807, 2.05) is 30.3 Å². The molecular formula is C22H23F2NO4. The van der Waals surface area contributed by atoms with Gasteiger partial charge in [-0.1, -0.05) is 30.3 Å². The van der Waals surface area contributed by atoms with Gasteiger partial charge in [0.1, 0.15) is 11.6 Å². The Labute approximate surface area is 167 Å². The average Bonchev–Trinajstić information content (AvgIpc) is 2.70. The number of carbonyl (C=O) groups is 2. The number of amides is 1. The van der Waals surface area contributed by atoms with E-state index in [0.717, 1.165) is 17.7 Å². The lowest BCUT2D eigenvalue weighted by molar-refractivity contribution is -0.154. The molecule has 1 heterocycles. The van der Waals surface area contributed by atoms with Crippen molar-refractivity contribution in [1.82, 2.24) is 4.90 Å². The number of benzene rings is 2. The highest BCUT2D eigenvalue weighted by Crippen LogP contribution is 2.38. The van der Waals surface area contributed by atoms with Crippen LogP contribution in [-0.2, 0) is 27.5 Å². The second kappa shape index (κ2) is 9.13. The molecule has 7 heteroatoms. The summed E-state index contributed by atoms with van der Waals surface area (Å²) in [6.07, 6.45) is -0.206. The van der Waals surface area contributed by atoms with Crippen molar-refractivity contribution in [3.8, 4) is 0 Å². The Morgan fingerprint density at radius 3 is 2.41 bits per heavy atom. The number of aliphatic hydroxyl groups is 1. The summed E-state index contributed by atoms with van der Waals surface area (Å²) in [5.41, 5.74) is 0.670. The number of esters is 1. The number of hydrogen-bond acceptors (Lipinski definition) is 4. The Hall–Kier alpha value is -2.80. The van der Waals surface area contributed by atoms with Crippen molar-refractivity contribution in [1.29, 1.82) is 0 Å². The number of hydrogen-bond donors (Lipinski definition) is 1. The normalized spacial score (nSPS) is 19.3. The molecule has 0 saturated carbocycles. The van der Waals surface area contributed by atoms with E-state index in [0.29, 0.717) is 6.54 Å². The zero-order valence-electron chi connectivity index (χ0n) is 16.1. The van der Waals surface area contributed by atoms with Crippen molar-refractivity contribution in [2.75, 3.05) is 13.2 Å². The molecule has 3 rings (SSSR count). The molecule has 0 aliphatic carbocycles. The van der Waals surface area contributed by atoms with E-state index in [1.165, 1.54) is 4.90 Å². The summed E-state index contributed by atoms with van der Waals surface area (Å²) in [6, 6.07) is 11.4. The van der Waals surface area contributed by atoms with Gasteiger partial charge >= 0.3 is 5.97 Å². The van der Waals surface area contributed by atoms with E-state index in [2.05, 4.69) is 0 Å². The van der Waals surface area contributed by atoms with Crippen molar-refractivity contribution in [3.05, 3.63) is 70.8 Å². The minimum atomic E-state index is -0.971. The van der Waals surface area contributed by atoms with Crippen LogP contribution in [0.4, 0.5) is 8.78 Å². The Bertz CT molecular complexity index is 865. The van der Waals surface area contributed by atoms with E-state index in [-0.39, 0.29) is 36.6 Å². The SMILES string of the molecule is CCOC(=O)[C@H]1CN(Cc2ccccc2)C(=O)CC1c1c(F)cc(CO)cc1F. The van der Waals surface area contributed by atoms with Crippen LogP contribution in [0.3, 0.4) is 0 Å². The maximum Gasteiger partial charge on any atom is 0.311 e. The minimum Gasteiger partial charge on any atom is -0.466 e. The molecule has 1 aliphatic heterocycles. The van der Waals surface area contributed by atoms with E-state index in [1.54, 1.807) is 6.92 Å². The van der Waals surface area contributed by atoms with Gasteiger partial charge in [-0.3, -0.25) is 9.59 Å². The van der Waals surface area contributed by atoms with Crippen LogP contribution >= 0.6 is 0 Å². The molecule has 2 atom stereocenters. The van der Waals surface area contributed by atoms with Gasteiger partial charge in [-0.05, 0) is 30.2 Å². The fourth-order valence-electron chi connectivity index (χ4n) is 3.76. The van der Waals surface area contributed by atoms with Gasteiger partial charge in [-0.25, -0.2) is 8.78 Å². The molecule has 1 amide bonds. The molecule has 0 bridgehead atoms. The van der Waals surface area contributed by atoms with Gasteiger partial charge in [0.25, 0.3) is 0 Å². The molecule has 1 saturated heterocycles. The second-order valence-electron chi connectivity index (χ2n) is 7.06. The Balaban J connectivity index is 1.93. The van der Waals surface area contributed by atoms with Crippen LogP contribution in [0.5, 0.6) is 0 Å². The molecule has 1 fully saturated rings. The monoisotopic (exact) mass is 403 g/mol. The number of aliphatic hydroxyl groups excluding tert-OH is 1. The zero-order valence-corrected chi connectivity index (χ0v) is 16.1. The summed E-state index contributed by atoms with van der Waals surface area (Å²) in [5.74, 6) is -4.49. The summed E-state index contributed by atoms with van der Waals surface area (Å²) in [7, 11) is 0. The van der Waals surface area contributed by atoms with Crippen LogP contribution in [0.2, 0.25) is 0 Å². The number of halogens is 2. The number of rotatable bonds is 6. The Kier molecular flexibility index (Phi) is 6.59. The first kappa shape index (κ1) is 20.9. The summed E-state index contributed by atoms with van der Waals surface area (Å²) in [5, 5.41) is 9.15. The lowest BCUT2D eigenvalue weighted by atomic mass is 9.79. The topological polar surface area (TPSA) is 66.8 Å². The fraction of sp³-hybridized carbons (Fsp3) is 0.364. The molecule has 5 nitrogen and oxygen atoms in total. The second-order valence-corrected chi connectivity index (χ2v) is 7.06. The fourth-order valence-corrected chi connectivity index (χ4v) is 3.76. The lowest BCUT2D eigenvalue weighted by Gasteiger charge is -2.37. The summed E-state index contributed by atoms with van der Waals surface area (Å²) >= 11 is 0. The highest BCUT2D eigenvalue weighted by atomic mass is 19.1. The third-order valence-electron chi connectivity index (χ3n) is 5.15. The molecule has 0 radical (unpaired) electrons. The molecule has 1 aliphatic rings. The van der Waals surface area contributed by atoms with Crippen LogP contribution < -0.4 is 0 Å². The number of likely N-dealkylation sites (tertiary alicyclic amines) is 1. The number of ether oxygens (including phenoxy) is 1. The Morgan fingerprint density at radius 1 is 1.17 bits per heavy atom. The first-order valence-corrected chi connectivity index (χ1v) is 9.51. The van der Waals surface area contributed by atoms with E-state index >= 15 is 0 Å². The van der Waals surface area contributed by atoms with Crippen LogP contribution in [0.1, 0.15) is 36.0 Å². The van der Waals surface area contributed by atoms with Gasteiger partial charge < -0.3 is 14.7 Å². The van der Waals surface area contributed by atoms with Gasteiger partial charge in [-0.2, -0.15) is 0 Å².